The van der Waals surface area contributed by atoms with Crippen LogP contribution in [-0.2, 0) is 6.54 Å². The Hall–Kier alpha value is -2.50. The standard InChI is InChI=1S/C18H13ClN4S/c19-18-22-16(21-11-12-6-8-20-9-7-12)14-10-15(24-17(14)23-18)13-4-2-1-3-5-13/h1-10H,11H2,(H,21,22,23). The van der Waals surface area contributed by atoms with Crippen molar-refractivity contribution in [1.29, 1.82) is 0 Å². The Morgan fingerprint density at radius 3 is 2.58 bits per heavy atom. The third-order valence-corrected chi connectivity index (χ3v) is 4.88. The fraction of sp³-hybridized carbons (Fsp3) is 0.0556. The van der Waals surface area contributed by atoms with Gasteiger partial charge in [-0.25, -0.2) is 9.97 Å². The van der Waals surface area contributed by atoms with Crippen LogP contribution in [0.5, 0.6) is 0 Å². The number of anilines is 1. The molecule has 0 atom stereocenters. The molecule has 0 aliphatic rings. The first-order valence-electron chi connectivity index (χ1n) is 7.45. The molecule has 4 nitrogen and oxygen atoms in total. The van der Waals surface area contributed by atoms with Gasteiger partial charge in [-0.2, -0.15) is 0 Å². The van der Waals surface area contributed by atoms with Crippen molar-refractivity contribution < 1.29 is 0 Å². The zero-order valence-corrected chi connectivity index (χ0v) is 14.2. The molecule has 0 saturated carbocycles. The summed E-state index contributed by atoms with van der Waals surface area (Å²) in [6.45, 7) is 0.654. The molecule has 1 N–H and O–H groups in total. The summed E-state index contributed by atoms with van der Waals surface area (Å²) in [5, 5.41) is 4.59. The summed E-state index contributed by atoms with van der Waals surface area (Å²) >= 11 is 7.71. The lowest BCUT2D eigenvalue weighted by Gasteiger charge is -2.06. The molecule has 1 aromatic carbocycles. The van der Waals surface area contributed by atoms with E-state index < -0.39 is 0 Å². The largest absolute Gasteiger partial charge is 0.365 e. The van der Waals surface area contributed by atoms with Crippen LogP contribution in [0.2, 0.25) is 5.28 Å². The number of hydrogen-bond acceptors (Lipinski definition) is 5. The van der Waals surface area contributed by atoms with Crippen LogP contribution in [0.1, 0.15) is 5.56 Å². The number of aromatic nitrogens is 3. The lowest BCUT2D eigenvalue weighted by molar-refractivity contribution is 1.09. The van der Waals surface area contributed by atoms with Crippen molar-refractivity contribution in [3.63, 3.8) is 0 Å². The van der Waals surface area contributed by atoms with E-state index in [1.807, 2.05) is 30.3 Å². The molecule has 24 heavy (non-hydrogen) atoms. The van der Waals surface area contributed by atoms with Crippen molar-refractivity contribution in [1.82, 2.24) is 15.0 Å². The molecule has 6 heteroatoms. The maximum Gasteiger partial charge on any atom is 0.225 e. The van der Waals surface area contributed by atoms with Crippen LogP contribution < -0.4 is 5.32 Å². The summed E-state index contributed by atoms with van der Waals surface area (Å²) in [5.41, 5.74) is 2.29. The van der Waals surface area contributed by atoms with E-state index in [4.69, 9.17) is 11.6 Å². The SMILES string of the molecule is Clc1nc(NCc2ccncc2)c2cc(-c3ccccc3)sc2n1. The molecule has 0 amide bonds. The van der Waals surface area contributed by atoms with Crippen molar-refractivity contribution >= 4 is 39.0 Å². The summed E-state index contributed by atoms with van der Waals surface area (Å²) in [6, 6.07) is 16.3. The van der Waals surface area contributed by atoms with Crippen LogP contribution in [0.3, 0.4) is 0 Å². The van der Waals surface area contributed by atoms with Gasteiger partial charge in [0, 0.05) is 23.8 Å². The first-order chi connectivity index (χ1) is 11.8. The number of rotatable bonds is 4. The number of nitrogens with zero attached hydrogens (tertiary/aromatic N) is 3. The molecule has 0 bridgehead atoms. The fourth-order valence-corrected chi connectivity index (χ4v) is 3.72. The van der Waals surface area contributed by atoms with E-state index >= 15 is 0 Å². The second kappa shape index (κ2) is 6.55. The molecule has 0 unspecified atom stereocenters. The number of hydrogen-bond donors (Lipinski definition) is 1. The normalized spacial score (nSPS) is 10.9. The maximum absolute atomic E-state index is 6.10. The van der Waals surface area contributed by atoms with Crippen LogP contribution in [0.15, 0.2) is 60.9 Å². The van der Waals surface area contributed by atoms with Crippen molar-refractivity contribution in [3.05, 3.63) is 71.8 Å². The minimum Gasteiger partial charge on any atom is -0.365 e. The molecule has 4 aromatic rings. The highest BCUT2D eigenvalue weighted by Crippen LogP contribution is 2.36. The zero-order chi connectivity index (χ0) is 16.4. The quantitative estimate of drug-likeness (QED) is 0.524. The van der Waals surface area contributed by atoms with Crippen LogP contribution >= 0.6 is 22.9 Å². The molecule has 4 rings (SSSR count). The topological polar surface area (TPSA) is 50.7 Å². The van der Waals surface area contributed by atoms with Crippen molar-refractivity contribution in [2.24, 2.45) is 0 Å². The molecule has 0 spiro atoms. The molecule has 0 fully saturated rings. The van der Waals surface area contributed by atoms with Gasteiger partial charge in [0.2, 0.25) is 5.28 Å². The first-order valence-corrected chi connectivity index (χ1v) is 8.64. The average molecular weight is 353 g/mol. The molecule has 0 radical (unpaired) electrons. The number of pyridine rings is 1. The van der Waals surface area contributed by atoms with Gasteiger partial charge in [-0.15, -0.1) is 11.3 Å². The summed E-state index contributed by atoms with van der Waals surface area (Å²) in [7, 11) is 0. The minimum absolute atomic E-state index is 0.251. The van der Waals surface area contributed by atoms with Gasteiger partial charge in [0.25, 0.3) is 0 Å². The van der Waals surface area contributed by atoms with Gasteiger partial charge in [-0.05, 0) is 40.9 Å². The fourth-order valence-electron chi connectivity index (χ4n) is 2.46. The Bertz CT molecular complexity index is 970. The molecule has 118 valence electrons. The van der Waals surface area contributed by atoms with Crippen molar-refractivity contribution in [3.8, 4) is 10.4 Å². The van der Waals surface area contributed by atoms with Crippen molar-refractivity contribution in [2.45, 2.75) is 6.54 Å². The molecule has 0 aliphatic carbocycles. The first kappa shape index (κ1) is 15.1. The minimum atomic E-state index is 0.251. The van der Waals surface area contributed by atoms with Crippen LogP contribution in [-0.4, -0.2) is 15.0 Å². The number of fused-ring (bicyclic) bond motifs is 1. The van der Waals surface area contributed by atoms with Gasteiger partial charge in [0.1, 0.15) is 10.6 Å². The Kier molecular flexibility index (Phi) is 4.11. The maximum atomic E-state index is 6.10. The van der Waals surface area contributed by atoms with E-state index in [9.17, 15) is 0 Å². The van der Waals surface area contributed by atoms with Gasteiger partial charge in [-0.1, -0.05) is 30.3 Å². The van der Waals surface area contributed by atoms with Crippen LogP contribution in [0.25, 0.3) is 20.7 Å². The van der Waals surface area contributed by atoms with E-state index in [1.54, 1.807) is 23.7 Å². The zero-order valence-electron chi connectivity index (χ0n) is 12.6. The van der Waals surface area contributed by atoms with Crippen LogP contribution in [0.4, 0.5) is 5.82 Å². The predicted octanol–water partition coefficient (Wildman–Crippen LogP) is 5.02. The third-order valence-electron chi connectivity index (χ3n) is 3.63. The Morgan fingerprint density at radius 1 is 1.00 bits per heavy atom. The van der Waals surface area contributed by atoms with Gasteiger partial charge in [0.15, 0.2) is 0 Å². The molecule has 3 aromatic heterocycles. The van der Waals surface area contributed by atoms with E-state index in [-0.39, 0.29) is 5.28 Å². The Morgan fingerprint density at radius 2 is 1.79 bits per heavy atom. The number of halogens is 1. The highest BCUT2D eigenvalue weighted by Gasteiger charge is 2.12. The summed E-state index contributed by atoms with van der Waals surface area (Å²) in [4.78, 5) is 14.8. The lowest BCUT2D eigenvalue weighted by atomic mass is 10.2. The highest BCUT2D eigenvalue weighted by molar-refractivity contribution is 7.22. The molecule has 3 heterocycles. The molecule has 0 aliphatic heterocycles. The number of thiophene rings is 1. The second-order valence-electron chi connectivity index (χ2n) is 5.25. The third kappa shape index (κ3) is 3.09. The Balaban J connectivity index is 1.71. The predicted molar refractivity (Wildman–Crippen MR) is 99.4 cm³/mol. The van der Waals surface area contributed by atoms with E-state index in [0.29, 0.717) is 6.54 Å². The van der Waals surface area contributed by atoms with E-state index in [1.165, 1.54) is 0 Å². The van der Waals surface area contributed by atoms with Gasteiger partial charge in [-0.3, -0.25) is 4.98 Å². The van der Waals surface area contributed by atoms with Gasteiger partial charge >= 0.3 is 0 Å². The summed E-state index contributed by atoms with van der Waals surface area (Å²) in [5.74, 6) is 0.750. The summed E-state index contributed by atoms with van der Waals surface area (Å²) in [6.07, 6.45) is 3.55. The average Bonchev–Trinajstić information content (AvgIpc) is 3.05. The Labute approximate surface area is 148 Å². The number of benzene rings is 1. The molecule has 0 saturated heterocycles. The smallest absolute Gasteiger partial charge is 0.225 e. The lowest BCUT2D eigenvalue weighted by Crippen LogP contribution is -2.02. The van der Waals surface area contributed by atoms with E-state index in [0.717, 1.165) is 32.0 Å². The number of nitrogens with one attached hydrogen (secondary N) is 1. The van der Waals surface area contributed by atoms with Gasteiger partial charge < -0.3 is 5.32 Å². The van der Waals surface area contributed by atoms with Gasteiger partial charge in [0.05, 0.1) is 5.39 Å². The van der Waals surface area contributed by atoms with E-state index in [2.05, 4.69) is 38.5 Å². The van der Waals surface area contributed by atoms with Crippen LogP contribution in [0, 0.1) is 0 Å². The second-order valence-corrected chi connectivity index (χ2v) is 6.61. The molecular formula is C18H13ClN4S. The monoisotopic (exact) mass is 352 g/mol. The van der Waals surface area contributed by atoms with Crippen molar-refractivity contribution in [2.75, 3.05) is 5.32 Å². The highest BCUT2D eigenvalue weighted by atomic mass is 35.5. The molecular weight excluding hydrogens is 340 g/mol. The summed E-state index contributed by atoms with van der Waals surface area (Å²) < 4.78 is 0.